The summed E-state index contributed by atoms with van der Waals surface area (Å²) in [7, 11) is 1.25. The minimum absolute atomic E-state index is 0.345. The largest absolute Gasteiger partial charge is 0.481 e. The summed E-state index contributed by atoms with van der Waals surface area (Å²) in [6.45, 7) is 0. The molecule has 0 saturated heterocycles. The number of benzene rings is 1. The molecule has 0 bridgehead atoms. The SMILES string of the molecule is COC(=O)Nc1cccc(NC(=O)C2CC=CCC2C(=O)O)c1. The summed E-state index contributed by atoms with van der Waals surface area (Å²) < 4.78 is 4.50. The Kier molecular flexibility index (Phi) is 5.35. The maximum Gasteiger partial charge on any atom is 0.411 e. The summed E-state index contributed by atoms with van der Waals surface area (Å²) in [5.41, 5.74) is 0.940. The van der Waals surface area contributed by atoms with Crippen LogP contribution in [0.1, 0.15) is 12.8 Å². The highest BCUT2D eigenvalue weighted by Gasteiger charge is 2.33. The van der Waals surface area contributed by atoms with Gasteiger partial charge in [-0.05, 0) is 31.0 Å². The van der Waals surface area contributed by atoms with Crippen LogP contribution in [0.5, 0.6) is 0 Å². The number of allylic oxidation sites excluding steroid dienone is 2. The van der Waals surface area contributed by atoms with Gasteiger partial charge in [0.1, 0.15) is 0 Å². The Morgan fingerprint density at radius 1 is 1.09 bits per heavy atom. The molecule has 23 heavy (non-hydrogen) atoms. The zero-order valence-electron chi connectivity index (χ0n) is 12.6. The van der Waals surface area contributed by atoms with E-state index in [0.717, 1.165) is 0 Å². The molecule has 122 valence electrons. The Morgan fingerprint density at radius 3 is 2.30 bits per heavy atom. The van der Waals surface area contributed by atoms with Crippen molar-refractivity contribution in [1.29, 1.82) is 0 Å². The summed E-state index contributed by atoms with van der Waals surface area (Å²) in [6, 6.07) is 6.55. The monoisotopic (exact) mass is 318 g/mol. The number of ether oxygens (including phenoxy) is 1. The molecule has 1 aromatic rings. The van der Waals surface area contributed by atoms with Crippen LogP contribution in [0.25, 0.3) is 0 Å². The van der Waals surface area contributed by atoms with Crippen LogP contribution < -0.4 is 10.6 Å². The van der Waals surface area contributed by atoms with Crippen LogP contribution in [0.2, 0.25) is 0 Å². The Balaban J connectivity index is 2.07. The first-order chi connectivity index (χ1) is 11.0. The third kappa shape index (κ3) is 4.32. The van der Waals surface area contributed by atoms with E-state index in [1.165, 1.54) is 7.11 Å². The van der Waals surface area contributed by atoms with Gasteiger partial charge in [0.25, 0.3) is 0 Å². The molecule has 7 heteroatoms. The highest BCUT2D eigenvalue weighted by atomic mass is 16.5. The van der Waals surface area contributed by atoms with Gasteiger partial charge >= 0.3 is 12.1 Å². The van der Waals surface area contributed by atoms with Crippen LogP contribution in [-0.2, 0) is 14.3 Å². The number of methoxy groups -OCH3 is 1. The van der Waals surface area contributed by atoms with Crippen molar-refractivity contribution in [2.75, 3.05) is 17.7 Å². The second-order valence-electron chi connectivity index (χ2n) is 5.18. The minimum atomic E-state index is -0.976. The van der Waals surface area contributed by atoms with Crippen LogP contribution in [0, 0.1) is 11.8 Å². The van der Waals surface area contributed by atoms with E-state index in [0.29, 0.717) is 24.2 Å². The topological polar surface area (TPSA) is 105 Å². The molecule has 2 unspecified atom stereocenters. The molecule has 0 aliphatic heterocycles. The first-order valence-corrected chi connectivity index (χ1v) is 7.15. The fourth-order valence-corrected chi connectivity index (χ4v) is 2.46. The standard InChI is InChI=1S/C16H18N2O5/c1-23-16(22)18-11-6-4-5-10(9-11)17-14(19)12-7-2-3-8-13(12)15(20)21/h2-6,9,12-13H,7-8H2,1H3,(H,17,19)(H,18,22)(H,20,21). The van der Waals surface area contributed by atoms with Crippen molar-refractivity contribution in [3.05, 3.63) is 36.4 Å². The van der Waals surface area contributed by atoms with E-state index in [4.69, 9.17) is 0 Å². The van der Waals surface area contributed by atoms with Gasteiger partial charge in [-0.15, -0.1) is 0 Å². The highest BCUT2D eigenvalue weighted by molar-refractivity contribution is 5.96. The van der Waals surface area contributed by atoms with Crippen LogP contribution in [-0.4, -0.2) is 30.2 Å². The van der Waals surface area contributed by atoms with Gasteiger partial charge in [0, 0.05) is 11.4 Å². The van der Waals surface area contributed by atoms with Gasteiger partial charge < -0.3 is 15.2 Å². The molecule has 0 heterocycles. The number of anilines is 2. The Labute approximate surface area is 133 Å². The molecule has 1 aromatic carbocycles. The maximum absolute atomic E-state index is 12.4. The van der Waals surface area contributed by atoms with Gasteiger partial charge in [-0.1, -0.05) is 18.2 Å². The molecular formula is C16H18N2O5. The molecule has 2 amide bonds. The molecule has 0 spiro atoms. The molecule has 0 radical (unpaired) electrons. The number of hydrogen-bond donors (Lipinski definition) is 3. The van der Waals surface area contributed by atoms with Gasteiger partial charge in [0.2, 0.25) is 5.91 Å². The average Bonchev–Trinajstić information content (AvgIpc) is 2.55. The normalized spacial score (nSPS) is 19.7. The Bertz CT molecular complexity index is 641. The smallest absolute Gasteiger partial charge is 0.411 e. The van der Waals surface area contributed by atoms with E-state index in [9.17, 15) is 19.5 Å². The van der Waals surface area contributed by atoms with Crippen LogP contribution in [0.4, 0.5) is 16.2 Å². The second-order valence-corrected chi connectivity index (χ2v) is 5.18. The number of amides is 2. The van der Waals surface area contributed by atoms with Crippen LogP contribution in [0.15, 0.2) is 36.4 Å². The number of aliphatic carboxylic acids is 1. The zero-order chi connectivity index (χ0) is 16.8. The van der Waals surface area contributed by atoms with E-state index in [2.05, 4.69) is 15.4 Å². The van der Waals surface area contributed by atoms with Crippen molar-refractivity contribution in [3.8, 4) is 0 Å². The van der Waals surface area contributed by atoms with Crippen molar-refractivity contribution in [2.24, 2.45) is 11.8 Å². The maximum atomic E-state index is 12.4. The molecule has 7 nitrogen and oxygen atoms in total. The summed E-state index contributed by atoms with van der Waals surface area (Å²) in [5, 5.41) is 14.4. The van der Waals surface area contributed by atoms with E-state index in [1.54, 1.807) is 30.3 Å². The zero-order valence-corrected chi connectivity index (χ0v) is 12.6. The van der Waals surface area contributed by atoms with Crippen molar-refractivity contribution in [1.82, 2.24) is 0 Å². The van der Waals surface area contributed by atoms with Gasteiger partial charge in [0.05, 0.1) is 18.9 Å². The predicted molar refractivity (Wildman–Crippen MR) is 84.1 cm³/mol. The number of carbonyl (C=O) groups excluding carboxylic acids is 2. The lowest BCUT2D eigenvalue weighted by Crippen LogP contribution is -2.34. The number of rotatable bonds is 4. The summed E-state index contributed by atoms with van der Waals surface area (Å²) in [5.74, 6) is -2.67. The Morgan fingerprint density at radius 2 is 1.70 bits per heavy atom. The highest BCUT2D eigenvalue weighted by Crippen LogP contribution is 2.27. The number of carbonyl (C=O) groups is 3. The second kappa shape index (κ2) is 7.44. The lowest BCUT2D eigenvalue weighted by Gasteiger charge is -2.24. The summed E-state index contributed by atoms with van der Waals surface area (Å²) >= 11 is 0. The van der Waals surface area contributed by atoms with Gasteiger partial charge in [-0.3, -0.25) is 14.9 Å². The Hall–Kier alpha value is -2.83. The summed E-state index contributed by atoms with van der Waals surface area (Å²) in [4.78, 5) is 34.8. The molecule has 1 aliphatic carbocycles. The van der Waals surface area contributed by atoms with Crippen molar-refractivity contribution in [3.63, 3.8) is 0 Å². The minimum Gasteiger partial charge on any atom is -0.481 e. The third-order valence-corrected chi connectivity index (χ3v) is 3.65. The molecule has 0 aromatic heterocycles. The van der Waals surface area contributed by atoms with Crippen molar-refractivity contribution >= 4 is 29.3 Å². The summed E-state index contributed by atoms with van der Waals surface area (Å²) in [6.07, 6.45) is 3.72. The van der Waals surface area contributed by atoms with E-state index < -0.39 is 23.9 Å². The lowest BCUT2D eigenvalue weighted by molar-refractivity contribution is -0.146. The van der Waals surface area contributed by atoms with E-state index in [1.807, 2.05) is 6.08 Å². The fraction of sp³-hybridized carbons (Fsp3) is 0.312. The number of carboxylic acids is 1. The molecule has 0 saturated carbocycles. The van der Waals surface area contributed by atoms with Crippen LogP contribution in [0.3, 0.4) is 0 Å². The molecule has 1 aliphatic rings. The fourth-order valence-electron chi connectivity index (χ4n) is 2.46. The first-order valence-electron chi connectivity index (χ1n) is 7.15. The van der Waals surface area contributed by atoms with Gasteiger partial charge in [0.15, 0.2) is 0 Å². The average molecular weight is 318 g/mol. The first kappa shape index (κ1) is 16.5. The molecular weight excluding hydrogens is 300 g/mol. The molecule has 0 fully saturated rings. The molecule has 3 N–H and O–H groups in total. The molecule has 2 atom stereocenters. The quantitative estimate of drug-likeness (QED) is 0.740. The number of carboxylic acid groups (broad SMARTS) is 1. The van der Waals surface area contributed by atoms with Gasteiger partial charge in [-0.2, -0.15) is 0 Å². The van der Waals surface area contributed by atoms with Crippen molar-refractivity contribution < 1.29 is 24.2 Å². The van der Waals surface area contributed by atoms with Crippen LogP contribution >= 0.6 is 0 Å². The van der Waals surface area contributed by atoms with Crippen molar-refractivity contribution in [2.45, 2.75) is 12.8 Å². The lowest BCUT2D eigenvalue weighted by atomic mass is 9.82. The van der Waals surface area contributed by atoms with Gasteiger partial charge in [-0.25, -0.2) is 4.79 Å². The third-order valence-electron chi connectivity index (χ3n) is 3.65. The predicted octanol–water partition coefficient (Wildman–Crippen LogP) is 2.47. The number of nitrogens with one attached hydrogen (secondary N) is 2. The van der Waals surface area contributed by atoms with E-state index >= 15 is 0 Å². The molecule has 2 rings (SSSR count). The van der Waals surface area contributed by atoms with E-state index in [-0.39, 0.29) is 5.91 Å². The number of hydrogen-bond acceptors (Lipinski definition) is 4.